The van der Waals surface area contributed by atoms with E-state index in [1.54, 1.807) is 25.2 Å². The Bertz CT molecular complexity index is 677. The van der Waals surface area contributed by atoms with E-state index < -0.39 is 0 Å². The zero-order valence-electron chi connectivity index (χ0n) is 14.9. The molecule has 5 heteroatoms. The molecule has 1 atom stereocenters. The summed E-state index contributed by atoms with van der Waals surface area (Å²) in [5, 5.41) is 4.37. The van der Waals surface area contributed by atoms with Crippen LogP contribution in [0.3, 0.4) is 0 Å². The van der Waals surface area contributed by atoms with Crippen molar-refractivity contribution in [3.05, 3.63) is 47.3 Å². The molecule has 1 aromatic heterocycles. The Morgan fingerprint density at radius 1 is 1.26 bits per heavy atom. The van der Waals surface area contributed by atoms with Crippen molar-refractivity contribution in [2.75, 3.05) is 21.1 Å². The number of nitrogens with zero attached hydrogens (tertiary/aromatic N) is 4. The molecule has 0 saturated heterocycles. The Morgan fingerprint density at radius 3 is 2.52 bits per heavy atom. The number of benzene rings is 1. The number of hydrogen-bond donors (Lipinski definition) is 0. The van der Waals surface area contributed by atoms with Crippen molar-refractivity contribution < 1.29 is 4.79 Å². The highest BCUT2D eigenvalue weighted by molar-refractivity contribution is 5.80. The van der Waals surface area contributed by atoms with Gasteiger partial charge in [-0.3, -0.25) is 9.69 Å². The van der Waals surface area contributed by atoms with E-state index in [0.717, 1.165) is 5.69 Å². The first-order valence-electron chi connectivity index (χ1n) is 7.82. The molecule has 2 rings (SSSR count). The van der Waals surface area contributed by atoms with Crippen LogP contribution in [0.15, 0.2) is 30.6 Å². The summed E-state index contributed by atoms with van der Waals surface area (Å²) >= 11 is 0. The fraction of sp³-hybridized carbons (Fsp3) is 0.444. The van der Waals surface area contributed by atoms with Crippen LogP contribution in [0.2, 0.25) is 0 Å². The van der Waals surface area contributed by atoms with E-state index in [0.29, 0.717) is 6.54 Å². The number of aryl methyl sites for hydroxylation is 2. The molecule has 124 valence electrons. The predicted octanol–water partition coefficient (Wildman–Crippen LogP) is 2.40. The fourth-order valence-electron chi connectivity index (χ4n) is 2.75. The lowest BCUT2D eigenvalue weighted by Gasteiger charge is -2.28. The summed E-state index contributed by atoms with van der Waals surface area (Å²) < 4.78 is 1.89. The molecule has 23 heavy (non-hydrogen) atoms. The average molecular weight is 314 g/mol. The van der Waals surface area contributed by atoms with Crippen LogP contribution in [0.4, 0.5) is 0 Å². The molecule has 0 aliphatic heterocycles. The van der Waals surface area contributed by atoms with Gasteiger partial charge >= 0.3 is 0 Å². The van der Waals surface area contributed by atoms with E-state index in [-0.39, 0.29) is 11.9 Å². The van der Waals surface area contributed by atoms with Gasteiger partial charge in [-0.05, 0) is 56.6 Å². The number of rotatable bonds is 5. The average Bonchev–Trinajstić information content (AvgIpc) is 3.01. The third kappa shape index (κ3) is 3.79. The molecule has 0 bridgehead atoms. The van der Waals surface area contributed by atoms with Crippen molar-refractivity contribution in [1.29, 1.82) is 0 Å². The summed E-state index contributed by atoms with van der Waals surface area (Å²) in [4.78, 5) is 15.9. The van der Waals surface area contributed by atoms with Crippen LogP contribution in [0.5, 0.6) is 0 Å². The van der Waals surface area contributed by atoms with Crippen molar-refractivity contribution in [2.24, 2.45) is 0 Å². The van der Waals surface area contributed by atoms with Crippen LogP contribution in [-0.4, -0.2) is 52.7 Å². The number of carbonyl (C=O) groups is 1. The lowest BCUT2D eigenvalue weighted by Crippen LogP contribution is -2.42. The van der Waals surface area contributed by atoms with Gasteiger partial charge in [0.15, 0.2) is 0 Å². The quantitative estimate of drug-likeness (QED) is 0.851. The SMILES string of the molecule is Cc1cc(C)c(CN(C)C(C)C(=O)N(C)C)c(-n2cccn2)c1. The van der Waals surface area contributed by atoms with E-state index in [1.807, 2.05) is 30.9 Å². The summed E-state index contributed by atoms with van der Waals surface area (Å²) in [7, 11) is 5.57. The molecule has 2 aromatic rings. The minimum absolute atomic E-state index is 0.109. The molecule has 1 unspecified atom stereocenters. The highest BCUT2D eigenvalue weighted by Crippen LogP contribution is 2.22. The molecular formula is C18H26N4O. The number of carbonyl (C=O) groups excluding carboxylic acids is 1. The highest BCUT2D eigenvalue weighted by Gasteiger charge is 2.21. The van der Waals surface area contributed by atoms with E-state index >= 15 is 0 Å². The summed E-state index contributed by atoms with van der Waals surface area (Å²) in [5.74, 6) is 0.109. The lowest BCUT2D eigenvalue weighted by atomic mass is 10.0. The maximum Gasteiger partial charge on any atom is 0.239 e. The molecule has 0 spiro atoms. The number of amides is 1. The van der Waals surface area contributed by atoms with Crippen LogP contribution >= 0.6 is 0 Å². The second kappa shape index (κ2) is 6.96. The Labute approximate surface area is 138 Å². The van der Waals surface area contributed by atoms with E-state index in [4.69, 9.17) is 0 Å². The summed E-state index contributed by atoms with van der Waals surface area (Å²) in [6, 6.07) is 6.07. The van der Waals surface area contributed by atoms with E-state index in [2.05, 4.69) is 36.0 Å². The maximum atomic E-state index is 12.2. The molecule has 0 saturated carbocycles. The Kier molecular flexibility index (Phi) is 5.21. The fourth-order valence-corrected chi connectivity index (χ4v) is 2.75. The number of likely N-dealkylation sites (N-methyl/N-ethyl adjacent to an activating group) is 2. The topological polar surface area (TPSA) is 41.4 Å². The van der Waals surface area contributed by atoms with Gasteiger partial charge in [0.25, 0.3) is 0 Å². The molecule has 0 aliphatic carbocycles. The first-order valence-corrected chi connectivity index (χ1v) is 7.82. The van der Waals surface area contributed by atoms with Crippen molar-refractivity contribution >= 4 is 5.91 Å². The van der Waals surface area contributed by atoms with Gasteiger partial charge in [-0.15, -0.1) is 0 Å². The summed E-state index contributed by atoms with van der Waals surface area (Å²) in [5.41, 5.74) is 4.69. The summed E-state index contributed by atoms with van der Waals surface area (Å²) in [6.45, 7) is 6.84. The van der Waals surface area contributed by atoms with Gasteiger partial charge in [-0.2, -0.15) is 5.10 Å². The molecule has 1 heterocycles. The Morgan fingerprint density at radius 2 is 1.96 bits per heavy atom. The van der Waals surface area contributed by atoms with Crippen molar-refractivity contribution in [2.45, 2.75) is 33.4 Å². The molecule has 0 fully saturated rings. The molecule has 1 aromatic carbocycles. The van der Waals surface area contributed by atoms with Gasteiger partial charge < -0.3 is 4.90 Å². The van der Waals surface area contributed by atoms with Gasteiger partial charge in [0.1, 0.15) is 0 Å². The molecule has 1 amide bonds. The number of aromatic nitrogens is 2. The predicted molar refractivity (Wildman–Crippen MR) is 92.7 cm³/mol. The first-order chi connectivity index (χ1) is 10.8. The standard InChI is InChI=1S/C18H26N4O/c1-13-10-14(2)16(17(11-13)22-9-7-8-19-22)12-21(6)15(3)18(23)20(4)5/h7-11,15H,12H2,1-6H3. The number of hydrogen-bond acceptors (Lipinski definition) is 3. The van der Waals surface area contributed by atoms with Gasteiger partial charge in [0.05, 0.1) is 11.7 Å². The minimum atomic E-state index is -0.170. The van der Waals surface area contributed by atoms with Crippen LogP contribution in [0.1, 0.15) is 23.6 Å². The smallest absolute Gasteiger partial charge is 0.239 e. The second-order valence-corrected chi connectivity index (χ2v) is 6.35. The molecular weight excluding hydrogens is 288 g/mol. The zero-order chi connectivity index (χ0) is 17.1. The minimum Gasteiger partial charge on any atom is -0.347 e. The molecule has 0 radical (unpaired) electrons. The lowest BCUT2D eigenvalue weighted by molar-refractivity contribution is -0.133. The third-order valence-electron chi connectivity index (χ3n) is 4.21. The molecule has 0 aliphatic rings. The van der Waals surface area contributed by atoms with Crippen molar-refractivity contribution in [3.63, 3.8) is 0 Å². The van der Waals surface area contributed by atoms with Crippen LogP contribution in [-0.2, 0) is 11.3 Å². The van der Waals surface area contributed by atoms with Gasteiger partial charge in [-0.25, -0.2) is 4.68 Å². The first kappa shape index (κ1) is 17.2. The van der Waals surface area contributed by atoms with Gasteiger partial charge in [-0.1, -0.05) is 6.07 Å². The van der Waals surface area contributed by atoms with Crippen LogP contribution in [0, 0.1) is 13.8 Å². The Hall–Kier alpha value is -2.14. The molecule has 0 N–H and O–H groups in total. The Balaban J connectivity index is 2.34. The van der Waals surface area contributed by atoms with Gasteiger partial charge in [0, 0.05) is 33.0 Å². The zero-order valence-corrected chi connectivity index (χ0v) is 14.9. The van der Waals surface area contributed by atoms with Crippen LogP contribution in [0.25, 0.3) is 5.69 Å². The van der Waals surface area contributed by atoms with Gasteiger partial charge in [0.2, 0.25) is 5.91 Å². The van der Waals surface area contributed by atoms with Crippen molar-refractivity contribution in [3.8, 4) is 5.69 Å². The largest absolute Gasteiger partial charge is 0.347 e. The monoisotopic (exact) mass is 314 g/mol. The normalized spacial score (nSPS) is 12.5. The molecule has 5 nitrogen and oxygen atoms in total. The van der Waals surface area contributed by atoms with E-state index in [9.17, 15) is 4.79 Å². The second-order valence-electron chi connectivity index (χ2n) is 6.35. The maximum absolute atomic E-state index is 12.2. The van der Waals surface area contributed by atoms with Crippen molar-refractivity contribution in [1.82, 2.24) is 19.6 Å². The van der Waals surface area contributed by atoms with Crippen LogP contribution < -0.4 is 0 Å². The summed E-state index contributed by atoms with van der Waals surface area (Å²) in [6.07, 6.45) is 3.73. The third-order valence-corrected chi connectivity index (χ3v) is 4.21. The highest BCUT2D eigenvalue weighted by atomic mass is 16.2. The van der Waals surface area contributed by atoms with E-state index in [1.165, 1.54) is 16.7 Å².